The number of hydrogen-bond acceptors (Lipinski definition) is 3. The molecular formula is C23H24ClF3N2O3. The summed E-state index contributed by atoms with van der Waals surface area (Å²) in [6.45, 7) is 6.59. The minimum atomic E-state index is -4.59. The smallest absolute Gasteiger partial charge is 0.416 e. The number of rotatable bonds is 3. The Hall–Kier alpha value is -2.74. The molecule has 0 spiro atoms. The topological polar surface area (TPSA) is 58.6 Å². The molecule has 1 N–H and O–H groups in total. The highest BCUT2D eigenvalue weighted by Crippen LogP contribution is 2.41. The van der Waals surface area contributed by atoms with E-state index in [2.05, 4.69) is 5.32 Å². The number of alkyl carbamates (subject to hydrolysis) is 1. The second-order valence-electron chi connectivity index (χ2n) is 8.65. The number of benzene rings is 2. The maximum atomic E-state index is 13.6. The van der Waals surface area contributed by atoms with Crippen LogP contribution in [-0.2, 0) is 22.1 Å². The molecule has 2 aromatic carbocycles. The molecule has 0 saturated heterocycles. The van der Waals surface area contributed by atoms with Gasteiger partial charge in [-0.25, -0.2) is 4.79 Å². The molecule has 0 unspecified atom stereocenters. The minimum Gasteiger partial charge on any atom is -0.444 e. The first-order chi connectivity index (χ1) is 14.8. The third-order valence-corrected chi connectivity index (χ3v) is 5.30. The van der Waals surface area contributed by atoms with Crippen LogP contribution in [0.5, 0.6) is 0 Å². The SMILES string of the molecule is C[C@@H](c1ccccc1C(F)(F)F)N1C(=O)[C@H](NC(=O)OC(C)(C)C)Cc2ccc(Cl)cc21. The summed E-state index contributed by atoms with van der Waals surface area (Å²) in [5.74, 6) is -0.546. The fourth-order valence-electron chi connectivity index (χ4n) is 3.75. The van der Waals surface area contributed by atoms with Gasteiger partial charge < -0.3 is 15.0 Å². The zero-order valence-corrected chi connectivity index (χ0v) is 18.8. The van der Waals surface area contributed by atoms with Crippen LogP contribution in [0.1, 0.15) is 50.4 Å². The van der Waals surface area contributed by atoms with E-state index in [0.29, 0.717) is 16.3 Å². The Morgan fingerprint density at radius 1 is 1.19 bits per heavy atom. The van der Waals surface area contributed by atoms with E-state index in [-0.39, 0.29) is 12.0 Å². The number of hydrogen-bond donors (Lipinski definition) is 1. The molecule has 172 valence electrons. The summed E-state index contributed by atoms with van der Waals surface area (Å²) in [7, 11) is 0. The zero-order valence-electron chi connectivity index (χ0n) is 18.1. The van der Waals surface area contributed by atoms with Gasteiger partial charge in [-0.2, -0.15) is 13.2 Å². The Morgan fingerprint density at radius 3 is 2.47 bits per heavy atom. The van der Waals surface area contributed by atoms with Gasteiger partial charge in [-0.1, -0.05) is 35.9 Å². The molecule has 0 radical (unpaired) electrons. The number of halogens is 4. The average Bonchev–Trinajstić information content (AvgIpc) is 2.66. The average molecular weight is 469 g/mol. The molecule has 2 atom stereocenters. The van der Waals surface area contributed by atoms with Crippen molar-refractivity contribution >= 4 is 29.3 Å². The number of ether oxygens (including phenoxy) is 1. The van der Waals surface area contributed by atoms with Gasteiger partial charge in [-0.3, -0.25) is 4.79 Å². The van der Waals surface area contributed by atoms with Crippen LogP contribution in [0, 0.1) is 0 Å². The highest BCUT2D eigenvalue weighted by atomic mass is 35.5. The first-order valence-electron chi connectivity index (χ1n) is 10.0. The van der Waals surface area contributed by atoms with E-state index >= 15 is 0 Å². The van der Waals surface area contributed by atoms with E-state index < -0.39 is 41.4 Å². The molecule has 5 nitrogen and oxygen atoms in total. The molecule has 3 rings (SSSR count). The molecule has 0 aromatic heterocycles. The van der Waals surface area contributed by atoms with Crippen molar-refractivity contribution in [1.29, 1.82) is 0 Å². The first kappa shape index (κ1) is 23.9. The number of carbonyl (C=O) groups is 2. The van der Waals surface area contributed by atoms with Crippen LogP contribution in [0.4, 0.5) is 23.7 Å². The first-order valence-corrected chi connectivity index (χ1v) is 10.4. The van der Waals surface area contributed by atoms with Gasteiger partial charge in [-0.15, -0.1) is 0 Å². The Bertz CT molecular complexity index is 1030. The fourth-order valence-corrected chi connectivity index (χ4v) is 3.91. The van der Waals surface area contributed by atoms with Gasteiger partial charge in [0.15, 0.2) is 0 Å². The van der Waals surface area contributed by atoms with E-state index in [9.17, 15) is 22.8 Å². The van der Waals surface area contributed by atoms with Gasteiger partial charge in [0.1, 0.15) is 11.6 Å². The Morgan fingerprint density at radius 2 is 1.84 bits per heavy atom. The van der Waals surface area contributed by atoms with E-state index in [0.717, 1.165) is 6.07 Å². The van der Waals surface area contributed by atoms with Crippen molar-refractivity contribution in [2.45, 2.75) is 58.0 Å². The number of carbonyl (C=O) groups excluding carboxylic acids is 2. The van der Waals surface area contributed by atoms with Crippen molar-refractivity contribution in [3.8, 4) is 0 Å². The van der Waals surface area contributed by atoms with E-state index in [1.807, 2.05) is 0 Å². The third kappa shape index (κ3) is 5.18. The summed E-state index contributed by atoms with van der Waals surface area (Å²) in [5.41, 5.74) is -0.574. The van der Waals surface area contributed by atoms with Crippen LogP contribution < -0.4 is 10.2 Å². The number of nitrogens with one attached hydrogen (secondary N) is 1. The van der Waals surface area contributed by atoms with Gasteiger partial charge in [-0.05, 0) is 57.0 Å². The Labute approximate surface area is 189 Å². The molecule has 32 heavy (non-hydrogen) atoms. The third-order valence-electron chi connectivity index (χ3n) is 5.06. The van der Waals surface area contributed by atoms with Crippen LogP contribution >= 0.6 is 11.6 Å². The summed E-state index contributed by atoms with van der Waals surface area (Å²) < 4.78 is 46.2. The van der Waals surface area contributed by atoms with Crippen LogP contribution in [-0.4, -0.2) is 23.6 Å². The van der Waals surface area contributed by atoms with Crippen molar-refractivity contribution in [2.75, 3.05) is 4.90 Å². The molecule has 0 bridgehead atoms. The Balaban J connectivity index is 2.03. The van der Waals surface area contributed by atoms with Crippen LogP contribution in [0.2, 0.25) is 5.02 Å². The van der Waals surface area contributed by atoms with Gasteiger partial charge in [0.2, 0.25) is 0 Å². The number of nitrogens with zero attached hydrogens (tertiary/aromatic N) is 1. The van der Waals surface area contributed by atoms with Crippen molar-refractivity contribution in [3.05, 3.63) is 64.2 Å². The maximum Gasteiger partial charge on any atom is 0.416 e. The normalized spacial score (nSPS) is 17.6. The van der Waals surface area contributed by atoms with Crippen molar-refractivity contribution in [2.24, 2.45) is 0 Å². The highest BCUT2D eigenvalue weighted by molar-refractivity contribution is 6.31. The molecular weight excluding hydrogens is 445 g/mol. The lowest BCUT2D eigenvalue weighted by Gasteiger charge is -2.39. The van der Waals surface area contributed by atoms with Crippen molar-refractivity contribution in [3.63, 3.8) is 0 Å². The van der Waals surface area contributed by atoms with Crippen LogP contribution in [0.15, 0.2) is 42.5 Å². The number of anilines is 1. The number of alkyl halides is 3. The van der Waals surface area contributed by atoms with Crippen LogP contribution in [0.25, 0.3) is 0 Å². The summed E-state index contributed by atoms with van der Waals surface area (Å²) in [5, 5.41) is 2.90. The standard InChI is InChI=1S/C23H24ClF3N2O3/c1-13(16-7-5-6-8-17(16)23(25,26)27)29-19-12-15(24)10-9-14(19)11-18(20(29)30)28-21(31)32-22(2,3)4/h5-10,12-13,18H,11H2,1-4H3,(H,28,31)/t13-,18+/m0/s1. The molecule has 2 aromatic rings. The largest absolute Gasteiger partial charge is 0.444 e. The predicted molar refractivity (Wildman–Crippen MR) is 116 cm³/mol. The quantitative estimate of drug-likeness (QED) is 0.610. The van der Waals surface area contributed by atoms with Gasteiger partial charge >= 0.3 is 12.3 Å². The molecule has 0 aliphatic carbocycles. The van der Waals surface area contributed by atoms with Gasteiger partial charge in [0.05, 0.1) is 11.6 Å². The van der Waals surface area contributed by atoms with Crippen molar-refractivity contribution in [1.82, 2.24) is 5.32 Å². The second-order valence-corrected chi connectivity index (χ2v) is 9.08. The molecule has 1 aliphatic heterocycles. The molecule has 1 heterocycles. The minimum absolute atomic E-state index is 0.0582. The molecule has 1 aliphatic rings. The summed E-state index contributed by atoms with van der Waals surface area (Å²) in [6, 6.07) is 8.02. The lowest BCUT2D eigenvalue weighted by Crippen LogP contribution is -2.54. The monoisotopic (exact) mass is 468 g/mol. The van der Waals surface area contributed by atoms with E-state index in [4.69, 9.17) is 16.3 Å². The van der Waals surface area contributed by atoms with Crippen molar-refractivity contribution < 1.29 is 27.5 Å². The molecule has 2 amide bonds. The number of fused-ring (bicyclic) bond motifs is 1. The molecule has 0 saturated carbocycles. The maximum absolute atomic E-state index is 13.6. The lowest BCUT2D eigenvalue weighted by molar-refractivity contribution is -0.138. The second kappa shape index (κ2) is 8.65. The summed E-state index contributed by atoms with van der Waals surface area (Å²) >= 11 is 6.13. The van der Waals surface area contributed by atoms with Crippen LogP contribution in [0.3, 0.4) is 0 Å². The van der Waals surface area contributed by atoms with E-state index in [1.165, 1.54) is 30.0 Å². The van der Waals surface area contributed by atoms with E-state index in [1.54, 1.807) is 39.0 Å². The zero-order chi connectivity index (χ0) is 23.8. The summed E-state index contributed by atoms with van der Waals surface area (Å²) in [6.07, 6.45) is -5.21. The highest BCUT2D eigenvalue weighted by Gasteiger charge is 2.41. The summed E-state index contributed by atoms with van der Waals surface area (Å²) in [4.78, 5) is 27.0. The lowest BCUT2D eigenvalue weighted by atomic mass is 9.92. The van der Waals surface area contributed by atoms with Gasteiger partial charge in [0, 0.05) is 17.1 Å². The number of amides is 2. The molecule has 0 fully saturated rings. The predicted octanol–water partition coefficient (Wildman–Crippen LogP) is 5.90. The Kier molecular flexibility index (Phi) is 6.47. The fraction of sp³-hybridized carbons (Fsp3) is 0.391. The van der Waals surface area contributed by atoms with Gasteiger partial charge in [0.25, 0.3) is 5.91 Å². The molecule has 9 heteroatoms.